The zero-order valence-corrected chi connectivity index (χ0v) is 85.4. The number of hydrogen-bond acceptors (Lipinski definition) is 45. The van der Waals surface area contributed by atoms with Crippen LogP contribution in [0.15, 0.2) is 12.2 Å². The van der Waals surface area contributed by atoms with Gasteiger partial charge in [-0.3, -0.25) is 24.0 Å². The number of hydrogen-bond donors (Lipinski definition) is 29. The van der Waals surface area contributed by atoms with Crippen LogP contribution in [0.3, 0.4) is 0 Å². The fourth-order valence-electron chi connectivity index (χ4n) is 19.8. The van der Waals surface area contributed by atoms with Crippen LogP contribution in [-0.4, -0.2) is 481 Å². The molecule has 8 fully saturated rings. The summed E-state index contributed by atoms with van der Waals surface area (Å²) in [5, 5.41) is 286. The Morgan fingerprint density at radius 2 is 0.703 bits per heavy atom. The van der Waals surface area contributed by atoms with Gasteiger partial charge < -0.3 is 225 Å². The van der Waals surface area contributed by atoms with Crippen LogP contribution in [0.1, 0.15) is 241 Å². The van der Waals surface area contributed by atoms with Gasteiger partial charge in [-0.25, -0.2) is 4.79 Å². The normalized spacial score (nSPS) is 37.7. The van der Waals surface area contributed by atoms with Gasteiger partial charge in [0, 0.05) is 40.5 Å². The van der Waals surface area contributed by atoms with Crippen molar-refractivity contribution in [1.82, 2.24) is 26.6 Å². The third-order valence-corrected chi connectivity index (χ3v) is 28.2. The lowest BCUT2D eigenvalue weighted by Gasteiger charge is -2.51. The van der Waals surface area contributed by atoms with Crippen molar-refractivity contribution in [3.63, 3.8) is 0 Å². The first-order valence-electron chi connectivity index (χ1n) is 52.6. The first kappa shape index (κ1) is 128. The summed E-state index contributed by atoms with van der Waals surface area (Å²) in [6, 6.07) is -8.66. The van der Waals surface area contributed by atoms with Crippen LogP contribution in [0.25, 0.3) is 0 Å². The number of nitrogens with one attached hydrogen (secondary N) is 5. The van der Waals surface area contributed by atoms with Crippen molar-refractivity contribution in [1.29, 1.82) is 0 Å². The van der Waals surface area contributed by atoms with Crippen molar-refractivity contribution in [2.45, 2.75) is 504 Å². The Balaban J connectivity index is 0.985. The summed E-state index contributed by atoms with van der Waals surface area (Å²) in [6.45, 7) is -1.32. The van der Waals surface area contributed by atoms with Crippen molar-refractivity contribution in [2.24, 2.45) is 0 Å². The predicted octanol–water partition coefficient (Wildman–Crippen LogP) is -6.50. The van der Waals surface area contributed by atoms with Crippen LogP contribution in [-0.2, 0) is 105 Å². The number of carboxylic acid groups (broad SMARTS) is 1. The number of ether oxygens (including phenoxy) is 16. The highest BCUT2D eigenvalue weighted by molar-refractivity contribution is 5.77. The largest absolute Gasteiger partial charge is 0.477 e. The molecular weight excluding hydrogens is 1970 g/mol. The molecule has 51 heteroatoms. The maximum Gasteiger partial charge on any atom is 0.364 e. The number of aliphatic hydroxyl groups is 23. The second-order valence-electron chi connectivity index (χ2n) is 39.9. The first-order chi connectivity index (χ1) is 70.7. The van der Waals surface area contributed by atoms with Crippen LogP contribution in [0.5, 0.6) is 0 Å². The molecule has 16 unspecified atom stereocenters. The minimum atomic E-state index is -3.30. The molecule has 8 aliphatic rings. The van der Waals surface area contributed by atoms with Crippen molar-refractivity contribution in [3.05, 3.63) is 12.2 Å². The van der Waals surface area contributed by atoms with Gasteiger partial charge >= 0.3 is 5.97 Å². The smallest absolute Gasteiger partial charge is 0.364 e. The van der Waals surface area contributed by atoms with Crippen molar-refractivity contribution < 1.29 is 227 Å². The summed E-state index contributed by atoms with van der Waals surface area (Å²) in [5.41, 5.74) is 0. The third kappa shape index (κ3) is 36.8. The van der Waals surface area contributed by atoms with E-state index in [2.05, 4.69) is 40.4 Å². The van der Waals surface area contributed by atoms with E-state index in [1.54, 1.807) is 6.08 Å². The topological polar surface area (TPSA) is 796 Å². The minimum absolute atomic E-state index is 0.132. The van der Waals surface area contributed by atoms with Gasteiger partial charge in [0.05, 0.1) is 83.8 Å². The van der Waals surface area contributed by atoms with Crippen molar-refractivity contribution in [3.8, 4) is 0 Å². The molecule has 0 saturated carbocycles. The molecule has 0 radical (unpaired) electrons. The van der Waals surface area contributed by atoms with E-state index in [4.69, 9.17) is 75.8 Å². The van der Waals surface area contributed by atoms with Crippen LogP contribution < -0.4 is 26.6 Å². The second-order valence-corrected chi connectivity index (χ2v) is 39.9. The maximum absolute atomic E-state index is 13.7. The third-order valence-electron chi connectivity index (χ3n) is 28.2. The second kappa shape index (κ2) is 65.3. The molecule has 148 heavy (non-hydrogen) atoms. The number of aliphatic hydroxyl groups excluding tert-OH is 23. The van der Waals surface area contributed by atoms with E-state index in [-0.39, 0.29) is 12.3 Å². The maximum atomic E-state index is 13.7. The standard InChI is InChI=1S/C97H171N5O46/c1-7-9-11-13-15-17-19-21-22-23-24-26-28-30-32-34-36-38-64(117)102-53(54(114)37-35-33-31-29-27-25-20-18-16-14-12-10-8-2)47-133-92-78(127)77(126)84(62(46-109)140-92)144-93-79(128)86(71(120)58(42-105)136-93)145-90-67(100-51(5)112)75(124)82(60(44-107)138-90)142-94-80(129)87(73(122)63(141-94)48-134-89-66(99-50(4)111)74(123)70(119)57(41-104)135-89)146-91-68(101-52(6)113)76(125)83(61(45-108)139-91)143-95-81(130)88(72(121)59(43-106)137-95)148-97(96(131)132)39-55(115)65(98-49(3)110)85(147-97)69(118)56(116)40-103/h35,37,53-63,65-95,103-109,114-116,118-130H,7-34,36,38-48H2,1-6H3,(H,98,110)(H,99,111)(H,100,112)(H,101,113)(H,102,117)(H,131,132)/b37-35+/t53-,54+,55?,56+,57?,58?,59?,60?,61?,62?,63?,65+,66?,67?,68?,69+,70+,71-,72-,73-,74+,75+,76+,77+,78?,79?,80?,81?,82+,83+,84+,85?,86-,87-,88-,89+,90-,91-,92+,93-,94-,95-,97-/m0/s1. The van der Waals surface area contributed by atoms with Crippen LogP contribution in [0.2, 0.25) is 0 Å². The Morgan fingerprint density at radius 1 is 0.358 bits per heavy atom. The van der Waals surface area contributed by atoms with E-state index >= 15 is 0 Å². The molecule has 8 heterocycles. The Bertz CT molecular complexity index is 3810. The average Bonchev–Trinajstić information content (AvgIpc) is 0.765. The molecule has 0 aromatic rings. The van der Waals surface area contributed by atoms with Gasteiger partial charge in [0.1, 0.15) is 189 Å². The Morgan fingerprint density at radius 3 is 1.11 bits per heavy atom. The van der Waals surface area contributed by atoms with E-state index in [1.807, 2.05) is 6.08 Å². The fraction of sp³-hybridized carbons (Fsp3) is 0.918. The molecule has 0 aliphatic carbocycles. The van der Waals surface area contributed by atoms with Gasteiger partial charge in [-0.1, -0.05) is 193 Å². The van der Waals surface area contributed by atoms with Gasteiger partial charge in [0.25, 0.3) is 5.79 Å². The Kier molecular flexibility index (Phi) is 56.5. The van der Waals surface area contributed by atoms with E-state index < -0.39 is 359 Å². The van der Waals surface area contributed by atoms with Crippen LogP contribution in [0.4, 0.5) is 0 Å². The van der Waals surface area contributed by atoms with Gasteiger partial charge in [-0.2, -0.15) is 0 Å². The van der Waals surface area contributed by atoms with Gasteiger partial charge in [-0.15, -0.1) is 0 Å². The monoisotopic (exact) mass is 2140 g/mol. The summed E-state index contributed by atoms with van der Waals surface area (Å²) < 4.78 is 96.0. The molecule has 43 atom stereocenters. The lowest BCUT2D eigenvalue weighted by Crippen LogP contribution is -2.71. The Hall–Kier alpha value is -5.00. The highest BCUT2D eigenvalue weighted by Gasteiger charge is 2.63. The van der Waals surface area contributed by atoms with E-state index in [0.717, 1.165) is 91.9 Å². The van der Waals surface area contributed by atoms with Gasteiger partial charge in [0.2, 0.25) is 29.5 Å². The quantitative estimate of drug-likeness (QED) is 0.0199. The zero-order chi connectivity index (χ0) is 109. The molecule has 51 nitrogen and oxygen atoms in total. The molecule has 8 aliphatic heterocycles. The van der Waals surface area contributed by atoms with Gasteiger partial charge in [-0.05, 0) is 19.3 Å². The van der Waals surface area contributed by atoms with Crippen molar-refractivity contribution >= 4 is 35.5 Å². The van der Waals surface area contributed by atoms with E-state index in [0.29, 0.717) is 12.8 Å². The number of carbonyl (C=O) groups excluding carboxylic acids is 5. The number of carboxylic acids is 1. The molecule has 29 N–H and O–H groups in total. The SMILES string of the molecule is CCCCCCCCCCCCC/C=C/[C@@H](O)[C@H](CO[C@@H]1OC(CO)[C@@H](O[C@@H]2OC(CO)[C@H](O)[C@H](O[C@@H]3OC(CO)[C@@H](O[C@@H]4OC(CO[C@@H]5OC(CO)[C@@H](O)[C@H](O)C5NC(C)=O)[C@H](O)[C@H](O[C@@H]5OC(CO)[C@@H](O[C@@H]6OC(CO)[C@H](O)[C@H](O[C@]7(C(=O)O)CC(O)[C@@H](NC(C)=O)C([C@H](O)[C@H](O)CO)O7)C6O)[C@H](O)C5NC(C)=O)C4O)[C@H](O)C3NC(C)=O)C2O)[C@H](O)C1O)NC(=O)CCCCCCCCCCCCCCCCCCC. The number of allylic oxidation sites excluding steroid dienone is 1. The highest BCUT2D eigenvalue weighted by atomic mass is 16.8. The molecule has 860 valence electrons. The molecule has 8 saturated heterocycles. The van der Waals surface area contributed by atoms with Gasteiger partial charge in [0.15, 0.2) is 44.0 Å². The summed E-state index contributed by atoms with van der Waals surface area (Å²) in [7, 11) is 0. The number of rotatable bonds is 65. The molecule has 0 spiro atoms. The molecule has 0 aromatic heterocycles. The predicted molar refractivity (Wildman–Crippen MR) is 509 cm³/mol. The summed E-state index contributed by atoms with van der Waals surface area (Å²) in [6.07, 6.45) is -43.2. The molecular formula is C97H171N5O46. The molecule has 5 amide bonds. The average molecular weight is 2140 g/mol. The Labute approximate surface area is 861 Å². The van der Waals surface area contributed by atoms with Crippen LogP contribution >= 0.6 is 0 Å². The van der Waals surface area contributed by atoms with Crippen LogP contribution in [0, 0.1) is 0 Å². The lowest BCUT2D eigenvalue weighted by atomic mass is 9.88. The van der Waals surface area contributed by atoms with E-state index in [1.165, 1.54) is 109 Å². The summed E-state index contributed by atoms with van der Waals surface area (Å²) >= 11 is 0. The van der Waals surface area contributed by atoms with E-state index in [9.17, 15) is 151 Å². The highest BCUT2D eigenvalue weighted by Crippen LogP contribution is 2.42. The zero-order valence-electron chi connectivity index (χ0n) is 85.4. The number of amides is 5. The lowest BCUT2D eigenvalue weighted by molar-refractivity contribution is -0.393. The van der Waals surface area contributed by atoms with Crippen molar-refractivity contribution in [2.75, 3.05) is 59.5 Å². The molecule has 8 rings (SSSR count). The minimum Gasteiger partial charge on any atom is -0.477 e. The number of carbonyl (C=O) groups is 6. The number of aliphatic carboxylic acids is 1. The number of unbranched alkanes of at least 4 members (excludes halogenated alkanes) is 27. The molecule has 0 aromatic carbocycles. The summed E-state index contributed by atoms with van der Waals surface area (Å²) in [4.78, 5) is 78.5. The first-order valence-corrected chi connectivity index (χ1v) is 52.6. The summed E-state index contributed by atoms with van der Waals surface area (Å²) in [5.74, 6) is -9.52. The fourth-order valence-corrected chi connectivity index (χ4v) is 19.8. The molecule has 0 bridgehead atoms.